The quantitative estimate of drug-likeness (QED) is 0.852. The van der Waals surface area contributed by atoms with Crippen molar-refractivity contribution >= 4 is 5.97 Å². The molecule has 0 aromatic heterocycles. The first-order valence-corrected chi connectivity index (χ1v) is 6.95. The van der Waals surface area contributed by atoms with E-state index in [4.69, 9.17) is 14.6 Å². The van der Waals surface area contributed by atoms with E-state index in [1.165, 1.54) is 19.2 Å². The Morgan fingerprint density at radius 3 is 2.57 bits per heavy atom. The molecule has 1 saturated heterocycles. The zero-order valence-corrected chi connectivity index (χ0v) is 12.3. The highest BCUT2D eigenvalue weighted by Gasteiger charge is 2.22. The highest BCUT2D eigenvalue weighted by molar-refractivity contribution is 5.74. The summed E-state index contributed by atoms with van der Waals surface area (Å²) in [6, 6.07) is 4.68. The van der Waals surface area contributed by atoms with Crippen LogP contribution >= 0.6 is 0 Å². The van der Waals surface area contributed by atoms with Crippen molar-refractivity contribution in [3.05, 3.63) is 23.8 Å². The van der Waals surface area contributed by atoms with Gasteiger partial charge in [0.15, 0.2) is 17.6 Å². The standard InChI is InChI=1S/C15H21NO5/c1-16-7-5-11(6-8-16)21-13-9-10(14(17)15(18)19)3-4-12(13)20-2/h3-4,9,11,14,17H,5-8H2,1-2H3,(H,18,19). The van der Waals surface area contributed by atoms with Crippen LogP contribution in [-0.2, 0) is 4.79 Å². The Bertz CT molecular complexity index is 497. The van der Waals surface area contributed by atoms with Crippen LogP contribution in [0.25, 0.3) is 0 Å². The summed E-state index contributed by atoms with van der Waals surface area (Å²) in [4.78, 5) is 13.1. The molecule has 1 aliphatic heterocycles. The van der Waals surface area contributed by atoms with Crippen LogP contribution in [0, 0.1) is 0 Å². The van der Waals surface area contributed by atoms with Crippen LogP contribution in [0.1, 0.15) is 24.5 Å². The number of hydrogen-bond donors (Lipinski definition) is 2. The molecule has 0 amide bonds. The number of benzene rings is 1. The molecule has 1 aromatic carbocycles. The maximum atomic E-state index is 10.9. The largest absolute Gasteiger partial charge is 0.493 e. The third-order valence-corrected chi connectivity index (χ3v) is 3.70. The summed E-state index contributed by atoms with van der Waals surface area (Å²) >= 11 is 0. The molecule has 0 saturated carbocycles. The van der Waals surface area contributed by atoms with E-state index < -0.39 is 12.1 Å². The van der Waals surface area contributed by atoms with Crippen LogP contribution in [0.2, 0.25) is 0 Å². The number of methoxy groups -OCH3 is 1. The van der Waals surface area contributed by atoms with Crippen molar-refractivity contribution in [1.82, 2.24) is 4.90 Å². The zero-order valence-electron chi connectivity index (χ0n) is 12.3. The first kappa shape index (κ1) is 15.6. The van der Waals surface area contributed by atoms with Gasteiger partial charge in [0.05, 0.1) is 7.11 Å². The molecule has 1 unspecified atom stereocenters. The molecule has 6 heteroatoms. The third-order valence-electron chi connectivity index (χ3n) is 3.70. The minimum absolute atomic E-state index is 0.0762. The van der Waals surface area contributed by atoms with Gasteiger partial charge in [0.25, 0.3) is 0 Å². The summed E-state index contributed by atoms with van der Waals surface area (Å²) in [6.07, 6.45) is 0.333. The number of aliphatic hydroxyl groups is 1. The van der Waals surface area contributed by atoms with Gasteiger partial charge in [-0.2, -0.15) is 0 Å². The van der Waals surface area contributed by atoms with Crippen LogP contribution in [0.5, 0.6) is 11.5 Å². The van der Waals surface area contributed by atoms with Crippen molar-refractivity contribution in [3.8, 4) is 11.5 Å². The van der Waals surface area contributed by atoms with Crippen LogP contribution in [0.4, 0.5) is 0 Å². The van der Waals surface area contributed by atoms with E-state index in [0.717, 1.165) is 25.9 Å². The average molecular weight is 295 g/mol. The average Bonchev–Trinajstić information content (AvgIpc) is 2.48. The lowest BCUT2D eigenvalue weighted by Gasteiger charge is -2.29. The Morgan fingerprint density at radius 2 is 2.00 bits per heavy atom. The van der Waals surface area contributed by atoms with Crippen molar-refractivity contribution in [3.63, 3.8) is 0 Å². The fourth-order valence-electron chi connectivity index (χ4n) is 2.38. The van der Waals surface area contributed by atoms with Crippen LogP contribution in [-0.4, -0.2) is 54.4 Å². The van der Waals surface area contributed by atoms with Crippen molar-refractivity contribution in [2.45, 2.75) is 25.0 Å². The molecule has 1 heterocycles. The van der Waals surface area contributed by atoms with Gasteiger partial charge in [0.2, 0.25) is 0 Å². The highest BCUT2D eigenvalue weighted by Crippen LogP contribution is 2.32. The number of ether oxygens (including phenoxy) is 2. The third kappa shape index (κ3) is 3.86. The van der Waals surface area contributed by atoms with Crippen LogP contribution in [0.15, 0.2) is 18.2 Å². The van der Waals surface area contributed by atoms with Crippen molar-refractivity contribution in [2.75, 3.05) is 27.2 Å². The summed E-state index contributed by atoms with van der Waals surface area (Å²) in [5.74, 6) is -0.273. The molecule has 0 radical (unpaired) electrons. The highest BCUT2D eigenvalue weighted by atomic mass is 16.5. The van der Waals surface area contributed by atoms with Gasteiger partial charge in [0, 0.05) is 13.1 Å². The molecular weight excluding hydrogens is 274 g/mol. The SMILES string of the molecule is COc1ccc(C(O)C(=O)O)cc1OC1CCN(C)CC1. The van der Waals surface area contributed by atoms with Crippen LogP contribution in [0.3, 0.4) is 0 Å². The number of carbonyl (C=O) groups is 1. The molecule has 1 aromatic rings. The lowest BCUT2D eigenvalue weighted by molar-refractivity contribution is -0.146. The molecule has 0 spiro atoms. The monoisotopic (exact) mass is 295 g/mol. The fourth-order valence-corrected chi connectivity index (χ4v) is 2.38. The second-order valence-corrected chi connectivity index (χ2v) is 5.27. The molecule has 2 N–H and O–H groups in total. The van der Waals surface area contributed by atoms with E-state index in [2.05, 4.69) is 11.9 Å². The second kappa shape index (κ2) is 6.78. The van der Waals surface area contributed by atoms with Crippen molar-refractivity contribution in [2.24, 2.45) is 0 Å². The van der Waals surface area contributed by atoms with Gasteiger partial charge in [-0.15, -0.1) is 0 Å². The van der Waals surface area contributed by atoms with E-state index in [1.54, 1.807) is 6.07 Å². The molecule has 1 aliphatic rings. The second-order valence-electron chi connectivity index (χ2n) is 5.27. The van der Waals surface area contributed by atoms with E-state index in [0.29, 0.717) is 11.5 Å². The van der Waals surface area contributed by atoms with Gasteiger partial charge >= 0.3 is 5.97 Å². The van der Waals surface area contributed by atoms with Gasteiger partial charge < -0.3 is 24.6 Å². The lowest BCUT2D eigenvalue weighted by atomic mass is 10.1. The van der Waals surface area contributed by atoms with Crippen LogP contribution < -0.4 is 9.47 Å². The van der Waals surface area contributed by atoms with E-state index in [9.17, 15) is 9.90 Å². The maximum absolute atomic E-state index is 10.9. The topological polar surface area (TPSA) is 79.2 Å². The normalized spacial score (nSPS) is 18.2. The minimum atomic E-state index is -1.56. The van der Waals surface area contributed by atoms with Crippen molar-refractivity contribution < 1.29 is 24.5 Å². The zero-order chi connectivity index (χ0) is 15.4. The molecule has 116 valence electrons. The molecule has 6 nitrogen and oxygen atoms in total. The predicted octanol–water partition coefficient (Wildman–Crippen LogP) is 1.29. The van der Waals surface area contributed by atoms with E-state index in [1.807, 2.05) is 0 Å². The number of aliphatic hydroxyl groups excluding tert-OH is 1. The Kier molecular flexibility index (Phi) is 5.03. The Morgan fingerprint density at radius 1 is 1.33 bits per heavy atom. The number of piperidine rings is 1. The molecule has 21 heavy (non-hydrogen) atoms. The maximum Gasteiger partial charge on any atom is 0.337 e. The van der Waals surface area contributed by atoms with E-state index in [-0.39, 0.29) is 11.7 Å². The van der Waals surface area contributed by atoms with Gasteiger partial charge in [-0.05, 0) is 37.6 Å². The van der Waals surface area contributed by atoms with Gasteiger partial charge in [-0.3, -0.25) is 0 Å². The number of hydrogen-bond acceptors (Lipinski definition) is 5. The summed E-state index contributed by atoms with van der Waals surface area (Å²) in [5, 5.41) is 18.5. The number of likely N-dealkylation sites (tertiary alicyclic amines) is 1. The molecule has 0 aliphatic carbocycles. The molecule has 1 atom stereocenters. The molecule has 1 fully saturated rings. The number of aliphatic carboxylic acids is 1. The fraction of sp³-hybridized carbons (Fsp3) is 0.533. The summed E-state index contributed by atoms with van der Waals surface area (Å²) in [7, 11) is 3.60. The Hall–Kier alpha value is -1.79. The first-order valence-electron chi connectivity index (χ1n) is 6.95. The number of carboxylic acids is 1. The molecule has 2 rings (SSSR count). The number of carboxylic acid groups (broad SMARTS) is 1. The lowest BCUT2D eigenvalue weighted by Crippen LogP contribution is -2.35. The van der Waals surface area contributed by atoms with Gasteiger partial charge in [-0.25, -0.2) is 4.79 Å². The Labute approximate surface area is 123 Å². The van der Waals surface area contributed by atoms with Gasteiger partial charge in [0.1, 0.15) is 6.10 Å². The van der Waals surface area contributed by atoms with Crippen molar-refractivity contribution in [1.29, 1.82) is 0 Å². The Balaban J connectivity index is 2.16. The summed E-state index contributed by atoms with van der Waals surface area (Å²) in [5.41, 5.74) is 0.284. The smallest absolute Gasteiger partial charge is 0.337 e. The molecular formula is C15H21NO5. The summed E-state index contributed by atoms with van der Waals surface area (Å²) in [6.45, 7) is 1.93. The molecule has 0 bridgehead atoms. The minimum Gasteiger partial charge on any atom is -0.493 e. The number of rotatable bonds is 5. The predicted molar refractivity (Wildman–Crippen MR) is 76.7 cm³/mol. The summed E-state index contributed by atoms with van der Waals surface area (Å²) < 4.78 is 11.2. The first-order chi connectivity index (χ1) is 10.0. The van der Waals surface area contributed by atoms with Gasteiger partial charge in [-0.1, -0.05) is 6.07 Å². The van der Waals surface area contributed by atoms with E-state index >= 15 is 0 Å². The number of nitrogens with zero attached hydrogens (tertiary/aromatic N) is 1.